The van der Waals surface area contributed by atoms with Crippen LogP contribution in [0.2, 0.25) is 0 Å². The Morgan fingerprint density at radius 1 is 1.48 bits per heavy atom. The Balaban J connectivity index is 1.46. The van der Waals surface area contributed by atoms with Crippen molar-refractivity contribution in [3.63, 3.8) is 0 Å². The summed E-state index contributed by atoms with van der Waals surface area (Å²) in [5.74, 6) is 0.406. The Morgan fingerprint density at radius 3 is 3.08 bits per heavy atom. The number of fused-ring (bicyclic) bond motifs is 1. The van der Waals surface area contributed by atoms with Crippen molar-refractivity contribution >= 4 is 27.5 Å². The zero-order valence-corrected chi connectivity index (χ0v) is 15.3. The van der Waals surface area contributed by atoms with E-state index in [2.05, 4.69) is 15.3 Å². The summed E-state index contributed by atoms with van der Waals surface area (Å²) in [6, 6.07) is 0. The molecule has 1 amide bonds. The molecule has 2 aromatic rings. The van der Waals surface area contributed by atoms with Crippen LogP contribution in [0.1, 0.15) is 29.1 Å². The first-order valence-electron chi connectivity index (χ1n) is 8.49. The van der Waals surface area contributed by atoms with Crippen LogP contribution in [0, 0.1) is 13.8 Å². The normalized spacial score (nSPS) is 17.3. The van der Waals surface area contributed by atoms with E-state index in [9.17, 15) is 9.59 Å². The molecule has 1 aliphatic rings. The van der Waals surface area contributed by atoms with Crippen LogP contribution in [-0.4, -0.2) is 48.3 Å². The van der Waals surface area contributed by atoms with Gasteiger partial charge in [-0.05, 0) is 32.3 Å². The molecule has 2 N–H and O–H groups in total. The highest BCUT2D eigenvalue weighted by atomic mass is 32.1. The molecule has 3 heterocycles. The maximum absolute atomic E-state index is 12.2. The molecule has 2 aromatic heterocycles. The second kappa shape index (κ2) is 8.07. The van der Waals surface area contributed by atoms with E-state index in [1.807, 2.05) is 13.8 Å². The molecule has 0 unspecified atom stereocenters. The van der Waals surface area contributed by atoms with Gasteiger partial charge < -0.3 is 19.8 Å². The molecule has 0 spiro atoms. The second-order valence-electron chi connectivity index (χ2n) is 6.23. The van der Waals surface area contributed by atoms with E-state index in [0.29, 0.717) is 30.8 Å². The Kier molecular flexibility index (Phi) is 5.82. The van der Waals surface area contributed by atoms with Gasteiger partial charge in [-0.2, -0.15) is 0 Å². The third-order valence-corrected chi connectivity index (χ3v) is 5.43. The number of amides is 1. The number of ether oxygens (including phenoxy) is 2. The number of carbonyl (C=O) groups excluding carboxylic acids is 1. The monoisotopic (exact) mass is 365 g/mol. The van der Waals surface area contributed by atoms with Crippen LogP contribution in [0.4, 0.5) is 0 Å². The Labute approximate surface area is 149 Å². The van der Waals surface area contributed by atoms with Crippen LogP contribution in [0.15, 0.2) is 4.79 Å². The van der Waals surface area contributed by atoms with Crippen LogP contribution < -0.4 is 10.9 Å². The molecule has 7 nitrogen and oxygen atoms in total. The molecular formula is C17H23N3O4S. The zero-order valence-electron chi connectivity index (χ0n) is 14.5. The minimum absolute atomic E-state index is 0.0200. The Hall–Kier alpha value is -1.77. The number of aryl methyl sites for hydroxylation is 2. The molecule has 136 valence electrons. The van der Waals surface area contributed by atoms with Gasteiger partial charge in [0.2, 0.25) is 5.91 Å². The molecule has 0 saturated carbocycles. The van der Waals surface area contributed by atoms with E-state index in [1.165, 1.54) is 11.3 Å². The van der Waals surface area contributed by atoms with Gasteiger partial charge in [-0.1, -0.05) is 0 Å². The first kappa shape index (κ1) is 18.0. The molecule has 1 atom stereocenters. The van der Waals surface area contributed by atoms with Crippen molar-refractivity contribution in [3.05, 3.63) is 26.6 Å². The van der Waals surface area contributed by atoms with E-state index < -0.39 is 0 Å². The van der Waals surface area contributed by atoms with Crippen molar-refractivity contribution in [2.45, 2.75) is 39.2 Å². The lowest BCUT2D eigenvalue weighted by molar-refractivity contribution is -0.126. The van der Waals surface area contributed by atoms with Gasteiger partial charge in [0.05, 0.1) is 18.1 Å². The van der Waals surface area contributed by atoms with E-state index in [1.54, 1.807) is 0 Å². The average Bonchev–Trinajstić information content (AvgIpc) is 3.16. The van der Waals surface area contributed by atoms with Gasteiger partial charge in [0, 0.05) is 24.4 Å². The number of rotatable bonds is 7. The number of nitrogens with one attached hydrogen (secondary N) is 2. The first-order chi connectivity index (χ1) is 12.0. The highest BCUT2D eigenvalue weighted by Crippen LogP contribution is 2.25. The van der Waals surface area contributed by atoms with Gasteiger partial charge in [-0.3, -0.25) is 9.59 Å². The summed E-state index contributed by atoms with van der Waals surface area (Å²) >= 11 is 1.52. The summed E-state index contributed by atoms with van der Waals surface area (Å²) in [4.78, 5) is 33.1. The number of thiophene rings is 1. The third kappa shape index (κ3) is 4.45. The zero-order chi connectivity index (χ0) is 17.8. The van der Waals surface area contributed by atoms with Crippen LogP contribution in [0.3, 0.4) is 0 Å². The van der Waals surface area contributed by atoms with E-state index >= 15 is 0 Å². The van der Waals surface area contributed by atoms with Gasteiger partial charge in [0.1, 0.15) is 17.3 Å². The van der Waals surface area contributed by atoms with Crippen molar-refractivity contribution in [3.8, 4) is 0 Å². The van der Waals surface area contributed by atoms with Gasteiger partial charge in [-0.25, -0.2) is 4.98 Å². The molecule has 0 radical (unpaired) electrons. The molecule has 1 fully saturated rings. The fraction of sp³-hybridized carbons (Fsp3) is 0.588. The van der Waals surface area contributed by atoms with E-state index in [0.717, 1.165) is 34.7 Å². The summed E-state index contributed by atoms with van der Waals surface area (Å²) in [6.07, 6.45) is 2.63. The quantitative estimate of drug-likeness (QED) is 0.775. The van der Waals surface area contributed by atoms with Gasteiger partial charge in [-0.15, -0.1) is 11.3 Å². The first-order valence-corrected chi connectivity index (χ1v) is 9.31. The summed E-state index contributed by atoms with van der Waals surface area (Å²) in [5.41, 5.74) is 0.866. The highest BCUT2D eigenvalue weighted by Gasteiger charge is 2.16. The summed E-state index contributed by atoms with van der Waals surface area (Å²) < 4.78 is 10.8. The summed E-state index contributed by atoms with van der Waals surface area (Å²) in [7, 11) is 0. The van der Waals surface area contributed by atoms with Crippen molar-refractivity contribution in [1.29, 1.82) is 0 Å². The van der Waals surface area contributed by atoms with Crippen LogP contribution in [0.25, 0.3) is 10.2 Å². The number of hydrogen-bond acceptors (Lipinski definition) is 6. The maximum atomic E-state index is 12.2. The molecule has 0 aromatic carbocycles. The number of carbonyl (C=O) groups is 1. The topological polar surface area (TPSA) is 93.3 Å². The lowest BCUT2D eigenvalue weighted by atomic mass is 10.2. The predicted molar refractivity (Wildman–Crippen MR) is 96.2 cm³/mol. The van der Waals surface area contributed by atoms with Crippen molar-refractivity contribution in [2.75, 3.05) is 26.4 Å². The van der Waals surface area contributed by atoms with Crippen molar-refractivity contribution in [2.24, 2.45) is 0 Å². The summed E-state index contributed by atoms with van der Waals surface area (Å²) in [6.45, 7) is 5.57. The highest BCUT2D eigenvalue weighted by molar-refractivity contribution is 7.18. The number of hydrogen-bond donors (Lipinski definition) is 2. The lowest BCUT2D eigenvalue weighted by Crippen LogP contribution is -2.31. The molecule has 0 aliphatic carbocycles. The molecule has 1 saturated heterocycles. The number of aromatic amines is 1. The van der Waals surface area contributed by atoms with Crippen LogP contribution in [0.5, 0.6) is 0 Å². The summed E-state index contributed by atoms with van der Waals surface area (Å²) in [5, 5.41) is 3.44. The second-order valence-corrected chi connectivity index (χ2v) is 7.43. The molecule has 8 heteroatoms. The maximum Gasteiger partial charge on any atom is 0.259 e. The smallest absolute Gasteiger partial charge is 0.259 e. The molecule has 0 bridgehead atoms. The standard InChI is InChI=1S/C17H23N3O4S/c1-10-11(2)25-17-15(10)16(22)19-13(20-17)5-6-18-14(21)9-23-8-12-4-3-7-24-12/h12H,3-9H2,1-2H3,(H,18,21)(H,19,20,22)/t12-/m1/s1. The minimum atomic E-state index is -0.177. The SMILES string of the molecule is Cc1sc2nc(CCNC(=O)COC[C@H]3CCCO3)[nH]c(=O)c2c1C. The van der Waals surface area contributed by atoms with Gasteiger partial charge >= 0.3 is 0 Å². The molecule has 3 rings (SSSR count). The van der Waals surface area contributed by atoms with Gasteiger partial charge in [0.15, 0.2) is 0 Å². The van der Waals surface area contributed by atoms with Crippen LogP contribution >= 0.6 is 11.3 Å². The van der Waals surface area contributed by atoms with Crippen LogP contribution in [-0.2, 0) is 20.7 Å². The molecular weight excluding hydrogens is 342 g/mol. The fourth-order valence-electron chi connectivity index (χ4n) is 2.85. The van der Waals surface area contributed by atoms with E-state index in [4.69, 9.17) is 9.47 Å². The van der Waals surface area contributed by atoms with Crippen molar-refractivity contribution in [1.82, 2.24) is 15.3 Å². The number of nitrogens with zero attached hydrogens (tertiary/aromatic N) is 1. The largest absolute Gasteiger partial charge is 0.376 e. The lowest BCUT2D eigenvalue weighted by Gasteiger charge is -2.10. The third-order valence-electron chi connectivity index (χ3n) is 4.33. The number of H-pyrrole nitrogens is 1. The fourth-order valence-corrected chi connectivity index (χ4v) is 3.90. The average molecular weight is 365 g/mol. The Morgan fingerprint density at radius 2 is 2.32 bits per heavy atom. The Bertz CT molecular complexity index is 808. The number of aromatic nitrogens is 2. The van der Waals surface area contributed by atoms with Crippen molar-refractivity contribution < 1.29 is 14.3 Å². The minimum Gasteiger partial charge on any atom is -0.376 e. The van der Waals surface area contributed by atoms with E-state index in [-0.39, 0.29) is 24.2 Å². The molecule has 1 aliphatic heterocycles. The molecule has 25 heavy (non-hydrogen) atoms. The predicted octanol–water partition coefficient (Wildman–Crippen LogP) is 1.46. The van der Waals surface area contributed by atoms with Gasteiger partial charge in [0.25, 0.3) is 5.56 Å².